The van der Waals surface area contributed by atoms with Crippen LogP contribution in [0.2, 0.25) is 10.0 Å². The van der Waals surface area contributed by atoms with E-state index >= 15 is 0 Å². The molecule has 1 aromatic carbocycles. The number of halogens is 2. The van der Waals surface area contributed by atoms with Gasteiger partial charge in [0.1, 0.15) is 0 Å². The third-order valence-electron chi connectivity index (χ3n) is 3.47. The smallest absolute Gasteiger partial charge is 0.241 e. The lowest BCUT2D eigenvalue weighted by atomic mass is 10.2. The van der Waals surface area contributed by atoms with Crippen LogP contribution < -0.4 is 11.1 Å². The van der Waals surface area contributed by atoms with Gasteiger partial charge in [0.15, 0.2) is 0 Å². The lowest BCUT2D eigenvalue weighted by Gasteiger charge is -2.31. The van der Waals surface area contributed by atoms with Crippen molar-refractivity contribution in [3.05, 3.63) is 22.2 Å². The van der Waals surface area contributed by atoms with E-state index in [1.165, 1.54) is 12.1 Å². The van der Waals surface area contributed by atoms with Gasteiger partial charge in [-0.05, 0) is 19.1 Å². The first-order valence-corrected chi connectivity index (χ1v) is 8.77. The van der Waals surface area contributed by atoms with E-state index in [-0.39, 0.29) is 11.9 Å². The fourth-order valence-electron chi connectivity index (χ4n) is 2.16. The number of carbonyl (C=O) groups is 1. The molecule has 0 radical (unpaired) electrons. The molecule has 21 heavy (non-hydrogen) atoms. The molecule has 0 bridgehead atoms. The molecule has 1 aliphatic rings. The molecule has 0 spiro atoms. The number of benzene rings is 1. The number of nitrogens with two attached hydrogens (primary N) is 1. The van der Waals surface area contributed by atoms with Crippen LogP contribution in [0, 0.1) is 0 Å². The molecule has 116 valence electrons. The van der Waals surface area contributed by atoms with E-state index in [0.717, 1.165) is 0 Å². The van der Waals surface area contributed by atoms with E-state index in [0.29, 0.717) is 46.0 Å². The Morgan fingerprint density at radius 2 is 2.00 bits per heavy atom. The third-order valence-corrected chi connectivity index (χ3v) is 5.27. The Bertz CT molecular complexity index is 550. The van der Waals surface area contributed by atoms with Crippen molar-refractivity contribution >= 4 is 51.3 Å². The predicted octanol–water partition coefficient (Wildman–Crippen LogP) is 1.97. The number of nitrogens with zero attached hydrogens (tertiary/aromatic N) is 1. The summed E-state index contributed by atoms with van der Waals surface area (Å²) in [4.78, 5) is 14.3. The third kappa shape index (κ3) is 4.10. The normalized spacial score (nSPS) is 18.4. The zero-order chi connectivity index (χ0) is 15.6. The van der Waals surface area contributed by atoms with Gasteiger partial charge in [-0.1, -0.05) is 23.2 Å². The minimum absolute atomic E-state index is 0.196. The summed E-state index contributed by atoms with van der Waals surface area (Å²) in [6.07, 6.45) is 0. The lowest BCUT2D eigenvalue weighted by Crippen LogP contribution is -2.48. The van der Waals surface area contributed by atoms with E-state index in [1.54, 1.807) is 0 Å². The van der Waals surface area contributed by atoms with Crippen LogP contribution in [0.15, 0.2) is 12.1 Å². The van der Waals surface area contributed by atoms with E-state index < -0.39 is 10.8 Å². The Morgan fingerprint density at radius 3 is 2.57 bits per heavy atom. The first kappa shape index (κ1) is 16.5. The fourth-order valence-corrected chi connectivity index (χ4v) is 3.79. The minimum atomic E-state index is -0.768. The molecule has 0 saturated carbocycles. The molecular weight excluding hydrogens is 333 g/mol. The van der Waals surface area contributed by atoms with E-state index in [4.69, 9.17) is 28.9 Å². The van der Waals surface area contributed by atoms with Gasteiger partial charge in [0.2, 0.25) is 5.91 Å². The number of nitrogens with one attached hydrogen (secondary N) is 1. The Morgan fingerprint density at radius 1 is 1.38 bits per heavy atom. The number of amides is 1. The second kappa shape index (κ2) is 6.96. The lowest BCUT2D eigenvalue weighted by molar-refractivity contribution is -0.120. The molecule has 0 aromatic heterocycles. The zero-order valence-electron chi connectivity index (χ0n) is 11.6. The minimum Gasteiger partial charge on any atom is -0.397 e. The van der Waals surface area contributed by atoms with Crippen molar-refractivity contribution in [3.8, 4) is 0 Å². The summed E-state index contributed by atoms with van der Waals surface area (Å²) in [6.45, 7) is 3.10. The van der Waals surface area contributed by atoms with Crippen molar-refractivity contribution in [2.45, 2.75) is 13.0 Å². The summed E-state index contributed by atoms with van der Waals surface area (Å²) in [7, 11) is -0.768. The molecule has 1 unspecified atom stereocenters. The highest BCUT2D eigenvalue weighted by Crippen LogP contribution is 2.32. The second-order valence-electron chi connectivity index (χ2n) is 4.90. The second-order valence-corrected chi connectivity index (χ2v) is 7.44. The summed E-state index contributed by atoms with van der Waals surface area (Å²) < 4.78 is 11.4. The van der Waals surface area contributed by atoms with Crippen LogP contribution in [0.1, 0.15) is 6.92 Å². The van der Waals surface area contributed by atoms with Gasteiger partial charge in [-0.3, -0.25) is 13.9 Å². The summed E-state index contributed by atoms with van der Waals surface area (Å²) >= 11 is 11.9. The summed E-state index contributed by atoms with van der Waals surface area (Å²) in [6, 6.07) is 2.73. The van der Waals surface area contributed by atoms with Gasteiger partial charge >= 0.3 is 0 Å². The van der Waals surface area contributed by atoms with Gasteiger partial charge in [-0.2, -0.15) is 0 Å². The van der Waals surface area contributed by atoms with Crippen LogP contribution in [0.4, 0.5) is 11.4 Å². The van der Waals surface area contributed by atoms with Gasteiger partial charge in [-0.25, -0.2) is 0 Å². The van der Waals surface area contributed by atoms with Crippen LogP contribution >= 0.6 is 23.2 Å². The van der Waals surface area contributed by atoms with Crippen molar-refractivity contribution in [2.75, 3.05) is 35.6 Å². The van der Waals surface area contributed by atoms with E-state index in [9.17, 15) is 9.00 Å². The van der Waals surface area contributed by atoms with E-state index in [1.807, 2.05) is 11.8 Å². The number of rotatable bonds is 3. The predicted molar refractivity (Wildman–Crippen MR) is 88.4 cm³/mol. The van der Waals surface area contributed by atoms with Crippen molar-refractivity contribution in [3.63, 3.8) is 0 Å². The van der Waals surface area contributed by atoms with Crippen LogP contribution in [0.25, 0.3) is 0 Å². The molecule has 0 aliphatic carbocycles. The molecule has 1 heterocycles. The maximum Gasteiger partial charge on any atom is 0.241 e. The standard InChI is InChI=1S/C13H17Cl2N3O2S/c1-8(18-2-4-21(20)5-3-18)13(19)17-12-10(15)6-9(14)7-11(12)16/h6-8H,2-5,16H2,1H3,(H,17,19). The molecule has 8 heteroatoms. The van der Waals surface area contributed by atoms with Gasteiger partial charge in [-0.15, -0.1) is 0 Å². The maximum atomic E-state index is 12.3. The number of carbonyl (C=O) groups excluding carboxylic acids is 1. The van der Waals surface area contributed by atoms with Gasteiger partial charge < -0.3 is 11.1 Å². The summed E-state index contributed by atoms with van der Waals surface area (Å²) in [5.41, 5.74) is 6.53. The zero-order valence-corrected chi connectivity index (χ0v) is 13.9. The monoisotopic (exact) mass is 349 g/mol. The maximum absolute atomic E-state index is 12.3. The van der Waals surface area contributed by atoms with Crippen LogP contribution in [0.5, 0.6) is 0 Å². The average molecular weight is 350 g/mol. The van der Waals surface area contributed by atoms with Crippen LogP contribution in [-0.2, 0) is 15.6 Å². The molecule has 1 amide bonds. The van der Waals surface area contributed by atoms with Crippen LogP contribution in [-0.4, -0.2) is 45.7 Å². The first-order chi connectivity index (χ1) is 9.88. The number of anilines is 2. The highest BCUT2D eigenvalue weighted by Gasteiger charge is 2.25. The topological polar surface area (TPSA) is 75.4 Å². The Kier molecular flexibility index (Phi) is 5.48. The highest BCUT2D eigenvalue weighted by molar-refractivity contribution is 7.85. The largest absolute Gasteiger partial charge is 0.397 e. The first-order valence-electron chi connectivity index (χ1n) is 6.53. The molecule has 1 fully saturated rings. The molecule has 5 nitrogen and oxygen atoms in total. The molecule has 1 aromatic rings. The molecule has 1 aliphatic heterocycles. The Hall–Kier alpha value is -0.820. The molecule has 3 N–H and O–H groups in total. The number of hydrogen-bond donors (Lipinski definition) is 2. The van der Waals surface area contributed by atoms with Crippen molar-refractivity contribution in [2.24, 2.45) is 0 Å². The van der Waals surface area contributed by atoms with Crippen molar-refractivity contribution in [1.82, 2.24) is 4.90 Å². The van der Waals surface area contributed by atoms with E-state index in [2.05, 4.69) is 5.32 Å². The van der Waals surface area contributed by atoms with Gasteiger partial charge in [0.25, 0.3) is 0 Å². The SMILES string of the molecule is CC(C(=O)Nc1c(N)cc(Cl)cc1Cl)N1CCS(=O)CC1. The molecule has 1 atom stereocenters. The fraction of sp³-hybridized carbons (Fsp3) is 0.462. The quantitative estimate of drug-likeness (QED) is 0.818. The molecular formula is C13H17Cl2N3O2S. The summed E-state index contributed by atoms with van der Waals surface area (Å²) in [5.74, 6) is 1.00. The Balaban J connectivity index is 2.06. The summed E-state index contributed by atoms with van der Waals surface area (Å²) in [5, 5.41) is 3.47. The molecule has 1 saturated heterocycles. The van der Waals surface area contributed by atoms with Crippen molar-refractivity contribution < 1.29 is 9.00 Å². The van der Waals surface area contributed by atoms with Crippen molar-refractivity contribution in [1.29, 1.82) is 0 Å². The highest BCUT2D eigenvalue weighted by atomic mass is 35.5. The Labute approximate surface area is 136 Å². The average Bonchev–Trinajstić information content (AvgIpc) is 2.42. The van der Waals surface area contributed by atoms with Gasteiger partial charge in [0, 0.05) is 40.4 Å². The van der Waals surface area contributed by atoms with Crippen LogP contribution in [0.3, 0.4) is 0 Å². The molecule has 2 rings (SSSR count). The number of hydrogen-bond acceptors (Lipinski definition) is 4. The van der Waals surface area contributed by atoms with Gasteiger partial charge in [0.05, 0.1) is 22.4 Å². The number of nitrogen functional groups attached to an aromatic ring is 1.